The van der Waals surface area contributed by atoms with Crippen LogP contribution in [0, 0.1) is 0 Å². The summed E-state index contributed by atoms with van der Waals surface area (Å²) in [6, 6.07) is 0. The van der Waals surface area contributed by atoms with E-state index in [-0.39, 0.29) is 0 Å². The summed E-state index contributed by atoms with van der Waals surface area (Å²) in [5.74, 6) is 0. The SMILES string of the molecule is C1=NCCN=C1c1cnccn1. The molecule has 1 aliphatic rings. The summed E-state index contributed by atoms with van der Waals surface area (Å²) < 4.78 is 0. The summed E-state index contributed by atoms with van der Waals surface area (Å²) in [5.41, 5.74) is 1.62. The van der Waals surface area contributed by atoms with E-state index in [4.69, 9.17) is 0 Å². The van der Waals surface area contributed by atoms with Crippen LogP contribution < -0.4 is 0 Å². The van der Waals surface area contributed by atoms with Crippen molar-refractivity contribution in [3.05, 3.63) is 24.3 Å². The Hall–Kier alpha value is -1.58. The van der Waals surface area contributed by atoms with E-state index in [0.717, 1.165) is 24.5 Å². The van der Waals surface area contributed by atoms with Crippen LogP contribution in [0.25, 0.3) is 0 Å². The van der Waals surface area contributed by atoms with Gasteiger partial charge < -0.3 is 0 Å². The van der Waals surface area contributed by atoms with Crippen molar-refractivity contribution in [2.45, 2.75) is 0 Å². The minimum atomic E-state index is 0.752. The second kappa shape index (κ2) is 3.21. The zero-order valence-corrected chi connectivity index (χ0v) is 6.51. The molecule has 4 heteroatoms. The van der Waals surface area contributed by atoms with Gasteiger partial charge in [-0.3, -0.25) is 20.0 Å². The summed E-state index contributed by atoms with van der Waals surface area (Å²) in [6.07, 6.45) is 6.73. The van der Waals surface area contributed by atoms with Crippen LogP contribution in [-0.4, -0.2) is 35.0 Å². The van der Waals surface area contributed by atoms with Gasteiger partial charge in [-0.2, -0.15) is 0 Å². The van der Waals surface area contributed by atoms with Gasteiger partial charge in [0.05, 0.1) is 19.3 Å². The Morgan fingerprint density at radius 2 is 2.17 bits per heavy atom. The van der Waals surface area contributed by atoms with Gasteiger partial charge in [0.25, 0.3) is 0 Å². The third-order valence-electron chi connectivity index (χ3n) is 1.55. The molecule has 12 heavy (non-hydrogen) atoms. The van der Waals surface area contributed by atoms with Crippen LogP contribution >= 0.6 is 0 Å². The largest absolute Gasteiger partial charge is 0.289 e. The van der Waals surface area contributed by atoms with E-state index in [1.54, 1.807) is 24.8 Å². The normalized spacial score (nSPS) is 15.8. The van der Waals surface area contributed by atoms with Gasteiger partial charge in [0.15, 0.2) is 0 Å². The van der Waals surface area contributed by atoms with Crippen LogP contribution in [-0.2, 0) is 0 Å². The first-order valence-electron chi connectivity index (χ1n) is 3.77. The van der Waals surface area contributed by atoms with Gasteiger partial charge in [-0.15, -0.1) is 0 Å². The van der Waals surface area contributed by atoms with Crippen molar-refractivity contribution in [3.63, 3.8) is 0 Å². The van der Waals surface area contributed by atoms with Crippen LogP contribution in [0.2, 0.25) is 0 Å². The monoisotopic (exact) mass is 160 g/mol. The topological polar surface area (TPSA) is 50.5 Å². The van der Waals surface area contributed by atoms with E-state index in [9.17, 15) is 0 Å². The molecule has 0 aliphatic carbocycles. The van der Waals surface area contributed by atoms with Crippen molar-refractivity contribution < 1.29 is 0 Å². The third kappa shape index (κ3) is 1.37. The van der Waals surface area contributed by atoms with Crippen LogP contribution in [0.3, 0.4) is 0 Å². The maximum absolute atomic E-state index is 4.26. The molecule has 2 rings (SSSR count). The van der Waals surface area contributed by atoms with Gasteiger partial charge >= 0.3 is 0 Å². The molecule has 0 unspecified atom stereocenters. The quantitative estimate of drug-likeness (QED) is 0.595. The Kier molecular flexibility index (Phi) is 1.90. The lowest BCUT2D eigenvalue weighted by molar-refractivity contribution is 0.967. The second-order valence-corrected chi connectivity index (χ2v) is 2.39. The molecule has 0 atom stereocenters. The maximum Gasteiger partial charge on any atom is 0.108 e. The first-order chi connectivity index (χ1) is 5.97. The highest BCUT2D eigenvalue weighted by atomic mass is 14.9. The number of hydrogen-bond acceptors (Lipinski definition) is 4. The van der Waals surface area contributed by atoms with E-state index in [1.807, 2.05) is 0 Å². The highest BCUT2D eigenvalue weighted by Gasteiger charge is 2.03. The molecule has 1 aromatic rings. The highest BCUT2D eigenvalue weighted by Crippen LogP contribution is 1.96. The summed E-state index contributed by atoms with van der Waals surface area (Å²) in [6.45, 7) is 1.53. The Morgan fingerprint density at radius 1 is 1.17 bits per heavy atom. The molecule has 0 aromatic carbocycles. The van der Waals surface area contributed by atoms with E-state index < -0.39 is 0 Å². The van der Waals surface area contributed by atoms with Gasteiger partial charge in [-0.25, -0.2) is 0 Å². The summed E-state index contributed by atoms with van der Waals surface area (Å²) >= 11 is 0. The predicted molar refractivity (Wildman–Crippen MR) is 46.8 cm³/mol. The molecular formula is C8H8N4. The first kappa shape index (κ1) is 7.09. The average Bonchev–Trinajstić information content (AvgIpc) is 2.21. The standard InChI is InChI=1S/C8H8N4/c1-3-11-7(5-9-1)8-6-10-2-4-12-8/h1,3,5-6H,2,4H2. The molecule has 1 aromatic heterocycles. The second-order valence-electron chi connectivity index (χ2n) is 2.39. The summed E-state index contributed by atoms with van der Waals surface area (Å²) in [7, 11) is 0. The van der Waals surface area contributed by atoms with Gasteiger partial charge in [0.2, 0.25) is 0 Å². The van der Waals surface area contributed by atoms with Crippen LogP contribution in [0.1, 0.15) is 5.69 Å². The molecule has 0 bridgehead atoms. The number of hydrogen-bond donors (Lipinski definition) is 0. The van der Waals surface area contributed by atoms with Crippen LogP contribution in [0.5, 0.6) is 0 Å². The first-order valence-corrected chi connectivity index (χ1v) is 3.77. The molecule has 0 N–H and O–H groups in total. The van der Waals surface area contributed by atoms with Gasteiger partial charge in [-0.1, -0.05) is 0 Å². The molecule has 0 fully saturated rings. The number of aromatic nitrogens is 2. The Labute approximate surface area is 70.1 Å². The van der Waals surface area contributed by atoms with Crippen molar-refractivity contribution >= 4 is 11.9 Å². The lowest BCUT2D eigenvalue weighted by atomic mass is 10.3. The van der Waals surface area contributed by atoms with Gasteiger partial charge in [-0.05, 0) is 0 Å². The average molecular weight is 160 g/mol. The molecule has 0 radical (unpaired) electrons. The van der Waals surface area contributed by atoms with E-state index in [0.29, 0.717) is 0 Å². The van der Waals surface area contributed by atoms with Gasteiger partial charge in [0.1, 0.15) is 11.4 Å². The van der Waals surface area contributed by atoms with Crippen LogP contribution in [0.15, 0.2) is 28.6 Å². The zero-order valence-electron chi connectivity index (χ0n) is 6.51. The molecule has 2 heterocycles. The summed E-state index contributed by atoms with van der Waals surface area (Å²) in [5, 5.41) is 0. The number of aliphatic imine (C=N–C) groups is 2. The highest BCUT2D eigenvalue weighted by molar-refractivity contribution is 6.37. The van der Waals surface area contributed by atoms with Crippen LogP contribution in [0.4, 0.5) is 0 Å². The maximum atomic E-state index is 4.26. The van der Waals surface area contributed by atoms with E-state index in [2.05, 4.69) is 20.0 Å². The number of rotatable bonds is 1. The van der Waals surface area contributed by atoms with Crippen molar-refractivity contribution in [1.29, 1.82) is 0 Å². The van der Waals surface area contributed by atoms with Crippen molar-refractivity contribution in [1.82, 2.24) is 9.97 Å². The fourth-order valence-corrected chi connectivity index (χ4v) is 0.999. The Bertz CT molecular complexity index is 315. The molecule has 0 saturated carbocycles. The fourth-order valence-electron chi connectivity index (χ4n) is 0.999. The Morgan fingerprint density at radius 3 is 2.83 bits per heavy atom. The lowest BCUT2D eigenvalue weighted by Gasteiger charge is -2.02. The lowest BCUT2D eigenvalue weighted by Crippen LogP contribution is -2.11. The molecule has 60 valence electrons. The summed E-state index contributed by atoms with van der Waals surface area (Å²) in [4.78, 5) is 16.4. The van der Waals surface area contributed by atoms with Gasteiger partial charge in [0, 0.05) is 18.6 Å². The zero-order chi connectivity index (χ0) is 8.23. The van der Waals surface area contributed by atoms with Crippen molar-refractivity contribution in [2.75, 3.05) is 13.1 Å². The molecule has 0 amide bonds. The minimum Gasteiger partial charge on any atom is -0.289 e. The van der Waals surface area contributed by atoms with Crippen molar-refractivity contribution in [2.24, 2.45) is 9.98 Å². The predicted octanol–water partition coefficient (Wildman–Crippen LogP) is 0.350. The number of nitrogens with zero attached hydrogens (tertiary/aromatic N) is 4. The molecule has 0 spiro atoms. The Balaban J connectivity index is 2.31. The molecular weight excluding hydrogens is 152 g/mol. The minimum absolute atomic E-state index is 0.752. The van der Waals surface area contributed by atoms with E-state index >= 15 is 0 Å². The smallest absolute Gasteiger partial charge is 0.108 e. The van der Waals surface area contributed by atoms with E-state index in [1.165, 1.54) is 0 Å². The molecule has 1 aliphatic heterocycles. The van der Waals surface area contributed by atoms with Crippen molar-refractivity contribution in [3.8, 4) is 0 Å². The molecule has 4 nitrogen and oxygen atoms in total. The fraction of sp³-hybridized carbons (Fsp3) is 0.250. The molecule has 0 saturated heterocycles. The third-order valence-corrected chi connectivity index (χ3v) is 1.55.